The van der Waals surface area contributed by atoms with E-state index >= 15 is 0 Å². The van der Waals surface area contributed by atoms with Crippen molar-refractivity contribution in [3.63, 3.8) is 0 Å². The Morgan fingerprint density at radius 1 is 1.26 bits per heavy atom. The van der Waals surface area contributed by atoms with Gasteiger partial charge in [0.1, 0.15) is 11.3 Å². The summed E-state index contributed by atoms with van der Waals surface area (Å²) in [6.45, 7) is 3.88. The average Bonchev–Trinajstić information content (AvgIpc) is 2.84. The molecule has 0 aliphatic rings. The molecule has 0 amide bonds. The number of rotatable bonds is 2. The molecule has 0 bridgehead atoms. The van der Waals surface area contributed by atoms with Crippen molar-refractivity contribution >= 4 is 11.0 Å². The zero-order valence-electron chi connectivity index (χ0n) is 10.7. The minimum atomic E-state index is -0.322. The van der Waals surface area contributed by atoms with Crippen molar-refractivity contribution in [2.24, 2.45) is 0 Å². The van der Waals surface area contributed by atoms with Gasteiger partial charge in [-0.2, -0.15) is 10.2 Å². The van der Waals surface area contributed by atoms with Crippen LogP contribution in [0.2, 0.25) is 0 Å². The molecule has 5 heteroatoms. The van der Waals surface area contributed by atoms with E-state index in [1.165, 1.54) is 6.07 Å². The minimum absolute atomic E-state index is 0.322. The number of H-pyrrole nitrogens is 1. The van der Waals surface area contributed by atoms with Crippen molar-refractivity contribution in [1.82, 2.24) is 20.2 Å². The standard InChI is InChI=1S/C14H13FN4/c1-3-11-9(7-8(2)18-19-11)14-16-12-6-4-5-10(15)13(12)17-14/h4-7H,3H2,1-2H3,(H,16,17). The van der Waals surface area contributed by atoms with Crippen molar-refractivity contribution in [2.45, 2.75) is 20.3 Å². The summed E-state index contributed by atoms with van der Waals surface area (Å²) in [6.07, 6.45) is 0.752. The van der Waals surface area contributed by atoms with Crippen LogP contribution in [-0.2, 0) is 6.42 Å². The van der Waals surface area contributed by atoms with Gasteiger partial charge in [-0.3, -0.25) is 0 Å². The molecular weight excluding hydrogens is 243 g/mol. The zero-order valence-corrected chi connectivity index (χ0v) is 10.7. The molecule has 2 heterocycles. The highest BCUT2D eigenvalue weighted by molar-refractivity contribution is 5.80. The molecule has 96 valence electrons. The van der Waals surface area contributed by atoms with Gasteiger partial charge in [-0.05, 0) is 31.5 Å². The van der Waals surface area contributed by atoms with Crippen LogP contribution >= 0.6 is 0 Å². The van der Waals surface area contributed by atoms with E-state index in [0.717, 1.165) is 23.4 Å². The van der Waals surface area contributed by atoms with E-state index in [0.29, 0.717) is 16.9 Å². The highest BCUT2D eigenvalue weighted by Gasteiger charge is 2.13. The highest BCUT2D eigenvalue weighted by atomic mass is 19.1. The Bertz CT molecular complexity index is 748. The molecule has 0 fully saturated rings. The van der Waals surface area contributed by atoms with Gasteiger partial charge in [-0.1, -0.05) is 13.0 Å². The summed E-state index contributed by atoms with van der Waals surface area (Å²) in [5, 5.41) is 8.20. The molecule has 0 aliphatic carbocycles. The quantitative estimate of drug-likeness (QED) is 0.766. The number of benzene rings is 1. The summed E-state index contributed by atoms with van der Waals surface area (Å²) in [6, 6.07) is 6.80. The summed E-state index contributed by atoms with van der Waals surface area (Å²) in [5.41, 5.74) is 3.59. The van der Waals surface area contributed by atoms with Crippen molar-refractivity contribution < 1.29 is 4.39 Å². The Morgan fingerprint density at radius 3 is 2.84 bits per heavy atom. The third kappa shape index (κ3) is 1.97. The highest BCUT2D eigenvalue weighted by Crippen LogP contribution is 2.24. The molecule has 3 aromatic rings. The number of hydrogen-bond donors (Lipinski definition) is 1. The SMILES string of the molecule is CCc1nnc(C)cc1-c1nc2c(F)cccc2[nH]1. The lowest BCUT2D eigenvalue weighted by Crippen LogP contribution is -1.98. The lowest BCUT2D eigenvalue weighted by Gasteiger charge is -2.03. The van der Waals surface area contributed by atoms with Crippen LogP contribution in [0.25, 0.3) is 22.4 Å². The van der Waals surface area contributed by atoms with Crippen LogP contribution in [0.5, 0.6) is 0 Å². The Morgan fingerprint density at radius 2 is 2.11 bits per heavy atom. The molecule has 0 radical (unpaired) electrons. The molecule has 2 aromatic heterocycles. The molecule has 0 saturated carbocycles. The van der Waals surface area contributed by atoms with Crippen LogP contribution < -0.4 is 0 Å². The van der Waals surface area contributed by atoms with Crippen LogP contribution in [0.3, 0.4) is 0 Å². The summed E-state index contributed by atoms with van der Waals surface area (Å²) in [5.74, 6) is 0.312. The van der Waals surface area contributed by atoms with Gasteiger partial charge in [-0.15, -0.1) is 0 Å². The van der Waals surface area contributed by atoms with E-state index in [1.54, 1.807) is 6.07 Å². The fourth-order valence-corrected chi connectivity index (χ4v) is 2.11. The molecule has 0 saturated heterocycles. The number of hydrogen-bond acceptors (Lipinski definition) is 3. The summed E-state index contributed by atoms with van der Waals surface area (Å²) >= 11 is 0. The Balaban J connectivity index is 2.24. The van der Waals surface area contributed by atoms with Crippen molar-refractivity contribution in [2.75, 3.05) is 0 Å². The number of nitrogens with zero attached hydrogens (tertiary/aromatic N) is 3. The smallest absolute Gasteiger partial charge is 0.151 e. The summed E-state index contributed by atoms with van der Waals surface area (Å²) in [4.78, 5) is 7.47. The fourth-order valence-electron chi connectivity index (χ4n) is 2.11. The molecule has 4 nitrogen and oxygen atoms in total. The van der Waals surface area contributed by atoms with E-state index in [1.807, 2.05) is 26.0 Å². The van der Waals surface area contributed by atoms with E-state index in [4.69, 9.17) is 0 Å². The van der Waals surface area contributed by atoms with E-state index in [2.05, 4.69) is 20.2 Å². The second kappa shape index (κ2) is 4.42. The first-order chi connectivity index (χ1) is 9.19. The number of imidazole rings is 1. The predicted molar refractivity (Wildman–Crippen MR) is 71.2 cm³/mol. The Hall–Kier alpha value is -2.30. The van der Waals surface area contributed by atoms with Crippen molar-refractivity contribution in [1.29, 1.82) is 0 Å². The molecule has 1 N–H and O–H groups in total. The minimum Gasteiger partial charge on any atom is -0.338 e. The van der Waals surface area contributed by atoms with Crippen LogP contribution in [-0.4, -0.2) is 20.2 Å². The van der Waals surface area contributed by atoms with Gasteiger partial charge in [0.2, 0.25) is 0 Å². The van der Waals surface area contributed by atoms with Gasteiger partial charge in [0, 0.05) is 5.56 Å². The monoisotopic (exact) mass is 256 g/mol. The summed E-state index contributed by atoms with van der Waals surface area (Å²) < 4.78 is 13.7. The van der Waals surface area contributed by atoms with Crippen LogP contribution in [0.4, 0.5) is 4.39 Å². The first-order valence-corrected chi connectivity index (χ1v) is 6.17. The largest absolute Gasteiger partial charge is 0.338 e. The molecular formula is C14H13FN4. The molecule has 3 rings (SSSR count). The molecule has 0 aliphatic heterocycles. The van der Waals surface area contributed by atoms with Gasteiger partial charge >= 0.3 is 0 Å². The third-order valence-corrected chi connectivity index (χ3v) is 3.05. The van der Waals surface area contributed by atoms with Crippen LogP contribution in [0, 0.1) is 12.7 Å². The molecule has 0 spiro atoms. The average molecular weight is 256 g/mol. The Labute approximate surface area is 109 Å². The molecule has 19 heavy (non-hydrogen) atoms. The number of aryl methyl sites for hydroxylation is 2. The molecule has 1 aromatic carbocycles. The maximum absolute atomic E-state index is 13.7. The third-order valence-electron chi connectivity index (χ3n) is 3.05. The molecule has 0 atom stereocenters. The predicted octanol–water partition coefficient (Wildman–Crippen LogP) is 3.03. The van der Waals surface area contributed by atoms with Crippen molar-refractivity contribution in [3.8, 4) is 11.4 Å². The number of fused-ring (bicyclic) bond motifs is 1. The lowest BCUT2D eigenvalue weighted by atomic mass is 10.1. The normalized spacial score (nSPS) is 11.1. The number of halogens is 1. The van der Waals surface area contributed by atoms with Gasteiger partial charge < -0.3 is 4.98 Å². The first kappa shape index (κ1) is 11.8. The zero-order chi connectivity index (χ0) is 13.4. The van der Waals surface area contributed by atoms with Crippen molar-refractivity contribution in [3.05, 3.63) is 41.5 Å². The fraction of sp³-hybridized carbons (Fsp3) is 0.214. The van der Waals surface area contributed by atoms with Crippen LogP contribution in [0.15, 0.2) is 24.3 Å². The van der Waals surface area contributed by atoms with Gasteiger partial charge in [0.15, 0.2) is 5.82 Å². The van der Waals surface area contributed by atoms with E-state index < -0.39 is 0 Å². The van der Waals surface area contributed by atoms with Gasteiger partial charge in [0.25, 0.3) is 0 Å². The number of aromatic amines is 1. The summed E-state index contributed by atoms with van der Waals surface area (Å²) in [7, 11) is 0. The van der Waals surface area contributed by atoms with Crippen LogP contribution in [0.1, 0.15) is 18.3 Å². The topological polar surface area (TPSA) is 54.5 Å². The lowest BCUT2D eigenvalue weighted by molar-refractivity contribution is 0.637. The van der Waals surface area contributed by atoms with Gasteiger partial charge in [-0.25, -0.2) is 9.37 Å². The molecule has 0 unspecified atom stereocenters. The maximum Gasteiger partial charge on any atom is 0.151 e. The first-order valence-electron chi connectivity index (χ1n) is 6.17. The van der Waals surface area contributed by atoms with Gasteiger partial charge in [0.05, 0.1) is 16.9 Å². The Kier molecular flexibility index (Phi) is 2.74. The maximum atomic E-state index is 13.7. The number of para-hydroxylation sites is 1. The number of nitrogens with one attached hydrogen (secondary N) is 1. The van der Waals surface area contributed by atoms with E-state index in [9.17, 15) is 4.39 Å². The van der Waals surface area contributed by atoms with E-state index in [-0.39, 0.29) is 5.82 Å². The number of aromatic nitrogens is 4. The second-order valence-corrected chi connectivity index (χ2v) is 4.42. The second-order valence-electron chi connectivity index (χ2n) is 4.42.